The number of aromatic nitrogens is 2. The van der Waals surface area contributed by atoms with Gasteiger partial charge in [0.05, 0.1) is 11.9 Å². The fraction of sp³-hybridized carbons (Fsp3) is 0.286. The fourth-order valence-corrected chi connectivity index (χ4v) is 4.26. The molecule has 154 valence electrons. The molecule has 8 nitrogen and oxygen atoms in total. The maximum absolute atomic E-state index is 12.8. The lowest BCUT2D eigenvalue weighted by molar-refractivity contribution is 0.0623. The molecule has 1 saturated heterocycles. The minimum Gasteiger partial charge on any atom is -0.454 e. The van der Waals surface area contributed by atoms with Gasteiger partial charge in [-0.15, -0.1) is 11.3 Å². The van der Waals surface area contributed by atoms with Gasteiger partial charge in [0.1, 0.15) is 5.69 Å². The molecule has 0 atom stereocenters. The highest BCUT2D eigenvalue weighted by Gasteiger charge is 2.24. The van der Waals surface area contributed by atoms with Crippen molar-refractivity contribution in [3.8, 4) is 11.5 Å². The molecule has 30 heavy (non-hydrogen) atoms. The van der Waals surface area contributed by atoms with Crippen LogP contribution in [-0.2, 0) is 6.54 Å². The fourth-order valence-electron chi connectivity index (χ4n) is 3.56. The highest BCUT2D eigenvalue weighted by molar-refractivity contribution is 7.14. The van der Waals surface area contributed by atoms with Gasteiger partial charge in [-0.1, -0.05) is 6.07 Å². The molecule has 4 heterocycles. The van der Waals surface area contributed by atoms with Gasteiger partial charge in [-0.25, -0.2) is 4.98 Å². The van der Waals surface area contributed by atoms with Crippen LogP contribution < -0.4 is 14.8 Å². The number of piperazine rings is 1. The topological polar surface area (TPSA) is 79.8 Å². The predicted molar refractivity (Wildman–Crippen MR) is 113 cm³/mol. The van der Waals surface area contributed by atoms with Crippen molar-refractivity contribution in [1.29, 1.82) is 0 Å². The van der Waals surface area contributed by atoms with Gasteiger partial charge in [0.2, 0.25) is 6.79 Å². The van der Waals surface area contributed by atoms with Crippen LogP contribution in [-0.4, -0.2) is 58.6 Å². The summed E-state index contributed by atoms with van der Waals surface area (Å²) in [5, 5.41) is 5.67. The number of hydrogen-bond acceptors (Lipinski definition) is 8. The van der Waals surface area contributed by atoms with Crippen molar-refractivity contribution in [1.82, 2.24) is 19.8 Å². The van der Waals surface area contributed by atoms with Gasteiger partial charge in [0.25, 0.3) is 5.91 Å². The molecule has 0 spiro atoms. The molecule has 2 aromatic heterocycles. The van der Waals surface area contributed by atoms with Crippen LogP contribution in [0.15, 0.2) is 48.1 Å². The zero-order chi connectivity index (χ0) is 20.3. The number of nitrogens with zero attached hydrogens (tertiary/aromatic N) is 4. The summed E-state index contributed by atoms with van der Waals surface area (Å²) < 4.78 is 10.8. The van der Waals surface area contributed by atoms with Crippen molar-refractivity contribution in [2.45, 2.75) is 6.54 Å². The maximum atomic E-state index is 12.8. The van der Waals surface area contributed by atoms with Crippen LogP contribution in [0.3, 0.4) is 0 Å². The minimum absolute atomic E-state index is 0.0202. The second kappa shape index (κ2) is 8.29. The molecule has 5 rings (SSSR count). The van der Waals surface area contributed by atoms with Gasteiger partial charge in [-0.3, -0.25) is 14.7 Å². The molecule has 0 unspecified atom stereocenters. The molecule has 3 aromatic rings. The first-order valence-corrected chi connectivity index (χ1v) is 10.7. The highest BCUT2D eigenvalue weighted by atomic mass is 32.1. The predicted octanol–water partition coefficient (Wildman–Crippen LogP) is 2.97. The molecule has 1 fully saturated rings. The Hall–Kier alpha value is -3.17. The molecule has 0 aliphatic carbocycles. The summed E-state index contributed by atoms with van der Waals surface area (Å²) in [6, 6.07) is 9.82. The maximum Gasteiger partial charge on any atom is 0.273 e. The number of nitrogens with one attached hydrogen (secondary N) is 1. The number of anilines is 2. The van der Waals surface area contributed by atoms with E-state index in [0.717, 1.165) is 36.8 Å². The van der Waals surface area contributed by atoms with Gasteiger partial charge in [0, 0.05) is 44.3 Å². The SMILES string of the molecule is O=C(c1csc(Nc2cccnc2)n1)N1CCN(Cc2ccc3c(c2)OCO3)CC1. The number of thiazole rings is 1. The van der Waals surface area contributed by atoms with Crippen LogP contribution in [0.5, 0.6) is 11.5 Å². The molecular formula is C21H21N5O3S. The number of fused-ring (bicyclic) bond motifs is 1. The lowest BCUT2D eigenvalue weighted by Crippen LogP contribution is -2.48. The zero-order valence-electron chi connectivity index (χ0n) is 16.3. The normalized spacial score (nSPS) is 15.9. The van der Waals surface area contributed by atoms with Crippen molar-refractivity contribution < 1.29 is 14.3 Å². The van der Waals surface area contributed by atoms with E-state index in [-0.39, 0.29) is 12.7 Å². The van der Waals surface area contributed by atoms with Crippen LogP contribution in [0.2, 0.25) is 0 Å². The molecule has 1 amide bonds. The van der Waals surface area contributed by atoms with Crippen molar-refractivity contribution >= 4 is 28.1 Å². The van der Waals surface area contributed by atoms with Crippen LogP contribution in [0, 0.1) is 0 Å². The number of rotatable bonds is 5. The lowest BCUT2D eigenvalue weighted by Gasteiger charge is -2.34. The first-order chi connectivity index (χ1) is 14.7. The molecule has 1 N–H and O–H groups in total. The van der Waals surface area contributed by atoms with Crippen LogP contribution in [0.25, 0.3) is 0 Å². The van der Waals surface area contributed by atoms with Crippen molar-refractivity contribution in [3.05, 3.63) is 59.4 Å². The number of hydrogen-bond donors (Lipinski definition) is 1. The van der Waals surface area contributed by atoms with Gasteiger partial charge in [-0.05, 0) is 29.8 Å². The lowest BCUT2D eigenvalue weighted by atomic mass is 10.1. The smallest absolute Gasteiger partial charge is 0.273 e. The third kappa shape index (κ3) is 4.07. The van der Waals surface area contributed by atoms with E-state index in [1.165, 1.54) is 16.9 Å². The van der Waals surface area contributed by atoms with E-state index in [0.29, 0.717) is 23.9 Å². The Morgan fingerprint density at radius 3 is 2.83 bits per heavy atom. The molecule has 2 aliphatic rings. The number of pyridine rings is 1. The number of ether oxygens (including phenoxy) is 2. The summed E-state index contributed by atoms with van der Waals surface area (Å²) in [7, 11) is 0. The van der Waals surface area contributed by atoms with E-state index in [4.69, 9.17) is 9.47 Å². The average Bonchev–Trinajstić information content (AvgIpc) is 3.44. The van der Waals surface area contributed by atoms with Gasteiger partial charge in [-0.2, -0.15) is 0 Å². The third-order valence-electron chi connectivity index (χ3n) is 5.14. The second-order valence-corrected chi connectivity index (χ2v) is 8.02. The molecule has 2 aliphatic heterocycles. The molecule has 0 bridgehead atoms. The number of carbonyl (C=O) groups excluding carboxylic acids is 1. The Morgan fingerprint density at radius 2 is 2.00 bits per heavy atom. The summed E-state index contributed by atoms with van der Waals surface area (Å²) in [6.07, 6.45) is 3.44. The molecule has 0 radical (unpaired) electrons. The van der Waals surface area contributed by atoms with Crippen molar-refractivity contribution in [2.75, 3.05) is 38.3 Å². The summed E-state index contributed by atoms with van der Waals surface area (Å²) in [5.74, 6) is 1.59. The van der Waals surface area contributed by atoms with E-state index in [1.54, 1.807) is 17.8 Å². The summed E-state index contributed by atoms with van der Waals surface area (Å²) >= 11 is 1.42. The average molecular weight is 423 g/mol. The van der Waals surface area contributed by atoms with Crippen LogP contribution in [0.4, 0.5) is 10.8 Å². The van der Waals surface area contributed by atoms with Crippen molar-refractivity contribution in [2.24, 2.45) is 0 Å². The van der Waals surface area contributed by atoms with E-state index >= 15 is 0 Å². The number of carbonyl (C=O) groups is 1. The molecule has 9 heteroatoms. The standard InChI is InChI=1S/C21H21N5O3S/c27-20(17-13-30-21(24-17)23-16-2-1-5-22-11-16)26-8-6-25(7-9-26)12-15-3-4-18-19(10-15)29-14-28-18/h1-5,10-11,13H,6-9,12,14H2,(H,23,24). The first-order valence-electron chi connectivity index (χ1n) is 9.77. The van der Waals surface area contributed by atoms with E-state index in [9.17, 15) is 4.79 Å². The Labute approximate surface area is 178 Å². The quantitative estimate of drug-likeness (QED) is 0.676. The largest absolute Gasteiger partial charge is 0.454 e. The summed E-state index contributed by atoms with van der Waals surface area (Å²) in [6.45, 7) is 4.14. The molecule has 1 aromatic carbocycles. The van der Waals surface area contributed by atoms with Gasteiger partial charge >= 0.3 is 0 Å². The van der Waals surface area contributed by atoms with E-state index < -0.39 is 0 Å². The highest BCUT2D eigenvalue weighted by Crippen LogP contribution is 2.33. The van der Waals surface area contributed by atoms with Gasteiger partial charge < -0.3 is 19.7 Å². The van der Waals surface area contributed by atoms with Crippen LogP contribution in [0.1, 0.15) is 16.1 Å². The summed E-state index contributed by atoms with van der Waals surface area (Å²) in [5.41, 5.74) is 2.52. The Morgan fingerprint density at radius 1 is 1.13 bits per heavy atom. The van der Waals surface area contributed by atoms with E-state index in [2.05, 4.69) is 26.3 Å². The minimum atomic E-state index is -0.0202. The zero-order valence-corrected chi connectivity index (χ0v) is 17.1. The Kier molecular flexibility index (Phi) is 5.20. The number of benzene rings is 1. The number of amides is 1. The third-order valence-corrected chi connectivity index (χ3v) is 5.90. The monoisotopic (exact) mass is 423 g/mol. The first kappa shape index (κ1) is 18.8. The van der Waals surface area contributed by atoms with E-state index in [1.807, 2.05) is 29.2 Å². The second-order valence-electron chi connectivity index (χ2n) is 7.16. The summed E-state index contributed by atoms with van der Waals surface area (Å²) in [4.78, 5) is 25.6. The Balaban J connectivity index is 1.15. The molecule has 0 saturated carbocycles. The van der Waals surface area contributed by atoms with Gasteiger partial charge in [0.15, 0.2) is 16.6 Å². The van der Waals surface area contributed by atoms with Crippen LogP contribution >= 0.6 is 11.3 Å². The van der Waals surface area contributed by atoms with Crippen molar-refractivity contribution in [3.63, 3.8) is 0 Å². The molecular weight excluding hydrogens is 402 g/mol. The Bertz CT molecular complexity index is 1030.